The molecule has 1 aliphatic rings. The van der Waals surface area contributed by atoms with Gasteiger partial charge in [-0.15, -0.1) is 0 Å². The topological polar surface area (TPSA) is 63.7 Å². The Hall–Kier alpha value is -4.01. The van der Waals surface area contributed by atoms with Gasteiger partial charge in [0.1, 0.15) is 35.3 Å². The Labute approximate surface area is 223 Å². The van der Waals surface area contributed by atoms with E-state index in [1.54, 1.807) is 60.9 Å². The number of hydrogen-bond donors (Lipinski definition) is 1. The smallest absolute Gasteiger partial charge is 0.415 e. The molecule has 3 aromatic carbocycles. The van der Waals surface area contributed by atoms with E-state index in [4.69, 9.17) is 21.1 Å². The van der Waals surface area contributed by atoms with Gasteiger partial charge in [0.25, 0.3) is 0 Å². The highest BCUT2D eigenvalue weighted by molar-refractivity contribution is 6.30. The molecule has 0 unspecified atom stereocenters. The molecule has 1 aromatic heterocycles. The number of nitrogens with zero attached hydrogens (tertiary/aromatic N) is 2. The van der Waals surface area contributed by atoms with Crippen LogP contribution in [0.25, 0.3) is 0 Å². The van der Waals surface area contributed by atoms with Crippen LogP contribution in [-0.4, -0.2) is 30.3 Å². The molecule has 5 rings (SSSR count). The number of benzene rings is 3. The van der Waals surface area contributed by atoms with Crippen molar-refractivity contribution in [1.29, 1.82) is 0 Å². The van der Waals surface area contributed by atoms with E-state index in [9.17, 15) is 13.6 Å². The maximum absolute atomic E-state index is 14.2. The van der Waals surface area contributed by atoms with E-state index < -0.39 is 29.9 Å². The maximum Gasteiger partial charge on any atom is 0.415 e. The quantitative estimate of drug-likeness (QED) is 0.241. The van der Waals surface area contributed by atoms with Crippen LogP contribution in [-0.2, 0) is 11.2 Å². The molecular weight excluding hydrogens is 512 g/mol. The molecule has 0 radical (unpaired) electrons. The van der Waals surface area contributed by atoms with Gasteiger partial charge in [-0.05, 0) is 90.8 Å². The Bertz CT molecular complexity index is 1370. The largest absolute Gasteiger partial charge is 0.457 e. The second-order valence-corrected chi connectivity index (χ2v) is 9.24. The molecule has 0 saturated carbocycles. The average molecular weight is 536 g/mol. The van der Waals surface area contributed by atoms with Crippen LogP contribution in [0.2, 0.25) is 5.02 Å². The fourth-order valence-corrected chi connectivity index (χ4v) is 4.52. The summed E-state index contributed by atoms with van der Waals surface area (Å²) in [5, 5.41) is 3.89. The normalized spacial score (nSPS) is 16.9. The van der Waals surface area contributed by atoms with Crippen molar-refractivity contribution in [2.24, 2.45) is 0 Å². The number of cyclic esters (lactones) is 1. The molecule has 2 heterocycles. The van der Waals surface area contributed by atoms with Crippen molar-refractivity contribution < 1.29 is 23.0 Å². The first-order valence-corrected chi connectivity index (χ1v) is 12.4. The molecular formula is C29H24ClF2N3O3. The SMILES string of the molecule is O=C1O[C@@H](CNCCc2cccnc2)[C@H](c2cc(F)cc(F)c2)N1c1ccc(Oc2ccc(Cl)cc2)cc1. The van der Waals surface area contributed by atoms with Crippen LogP contribution in [0.15, 0.2) is 91.3 Å². The van der Waals surface area contributed by atoms with Crippen LogP contribution in [0.1, 0.15) is 17.2 Å². The summed E-state index contributed by atoms with van der Waals surface area (Å²) in [6.45, 7) is 0.907. The summed E-state index contributed by atoms with van der Waals surface area (Å²) in [4.78, 5) is 18.6. The van der Waals surface area contributed by atoms with Crippen molar-refractivity contribution in [3.63, 3.8) is 0 Å². The van der Waals surface area contributed by atoms with E-state index in [1.807, 2.05) is 12.1 Å². The summed E-state index contributed by atoms with van der Waals surface area (Å²) in [6.07, 6.45) is 2.94. The highest BCUT2D eigenvalue weighted by Gasteiger charge is 2.43. The highest BCUT2D eigenvalue weighted by Crippen LogP contribution is 2.38. The van der Waals surface area contributed by atoms with Gasteiger partial charge in [0.15, 0.2) is 0 Å². The van der Waals surface area contributed by atoms with E-state index >= 15 is 0 Å². The Balaban J connectivity index is 1.35. The van der Waals surface area contributed by atoms with E-state index in [2.05, 4.69) is 10.3 Å². The molecule has 2 atom stereocenters. The van der Waals surface area contributed by atoms with Crippen LogP contribution in [0.5, 0.6) is 11.5 Å². The van der Waals surface area contributed by atoms with E-state index in [0.717, 1.165) is 18.1 Å². The summed E-state index contributed by atoms with van der Waals surface area (Å²) in [5.41, 5.74) is 1.87. The average Bonchev–Trinajstić information content (AvgIpc) is 3.24. The minimum atomic E-state index is -0.748. The monoisotopic (exact) mass is 535 g/mol. The minimum Gasteiger partial charge on any atom is -0.457 e. The third-order valence-corrected chi connectivity index (χ3v) is 6.38. The van der Waals surface area contributed by atoms with Gasteiger partial charge in [0.2, 0.25) is 0 Å². The van der Waals surface area contributed by atoms with E-state index in [-0.39, 0.29) is 0 Å². The first-order valence-electron chi connectivity index (χ1n) is 12.1. The lowest BCUT2D eigenvalue weighted by Crippen LogP contribution is -2.35. The number of nitrogens with one attached hydrogen (secondary N) is 1. The highest BCUT2D eigenvalue weighted by atomic mass is 35.5. The van der Waals surface area contributed by atoms with Gasteiger partial charge < -0.3 is 14.8 Å². The zero-order chi connectivity index (χ0) is 26.5. The van der Waals surface area contributed by atoms with Crippen molar-refractivity contribution in [1.82, 2.24) is 10.3 Å². The van der Waals surface area contributed by atoms with Crippen LogP contribution in [0.4, 0.5) is 19.3 Å². The van der Waals surface area contributed by atoms with Crippen molar-refractivity contribution in [2.75, 3.05) is 18.0 Å². The Kier molecular flexibility index (Phi) is 7.81. The van der Waals surface area contributed by atoms with Gasteiger partial charge in [-0.1, -0.05) is 17.7 Å². The lowest BCUT2D eigenvalue weighted by atomic mass is 9.99. The van der Waals surface area contributed by atoms with Gasteiger partial charge >= 0.3 is 6.09 Å². The predicted octanol–water partition coefficient (Wildman–Crippen LogP) is 6.70. The molecule has 1 amide bonds. The number of ether oxygens (including phenoxy) is 2. The number of aromatic nitrogens is 1. The van der Waals surface area contributed by atoms with E-state index in [0.29, 0.717) is 40.9 Å². The van der Waals surface area contributed by atoms with Crippen LogP contribution in [0, 0.1) is 11.6 Å². The number of amides is 1. The fourth-order valence-electron chi connectivity index (χ4n) is 4.40. The minimum absolute atomic E-state index is 0.295. The zero-order valence-corrected chi connectivity index (χ0v) is 20.9. The number of carbonyl (C=O) groups excluding carboxylic acids is 1. The zero-order valence-electron chi connectivity index (χ0n) is 20.2. The molecule has 0 bridgehead atoms. The Morgan fingerprint density at radius 3 is 2.32 bits per heavy atom. The standard InChI is InChI=1S/C29H24ClF2N3O3/c30-21-3-7-25(8-4-21)37-26-9-5-24(6-10-26)35-28(20-14-22(31)16-23(32)15-20)27(38-29(35)36)18-34-13-11-19-2-1-12-33-17-19/h1-10,12,14-17,27-28,34H,11,13,18H2/t27-,28-/m0/s1. The lowest BCUT2D eigenvalue weighted by molar-refractivity contribution is 0.130. The van der Waals surface area contributed by atoms with Crippen molar-refractivity contribution in [2.45, 2.75) is 18.6 Å². The third-order valence-electron chi connectivity index (χ3n) is 6.13. The second-order valence-electron chi connectivity index (χ2n) is 8.81. The summed E-state index contributed by atoms with van der Waals surface area (Å²) in [6, 6.07) is 20.1. The summed E-state index contributed by atoms with van der Waals surface area (Å²) in [7, 11) is 0. The van der Waals surface area contributed by atoms with E-state index in [1.165, 1.54) is 17.0 Å². The summed E-state index contributed by atoms with van der Waals surface area (Å²) >= 11 is 5.93. The number of pyridine rings is 1. The molecule has 0 spiro atoms. The Morgan fingerprint density at radius 1 is 0.974 bits per heavy atom. The molecule has 0 aliphatic carbocycles. The third kappa shape index (κ3) is 6.10. The number of halogens is 3. The fraction of sp³-hybridized carbons (Fsp3) is 0.172. The molecule has 1 fully saturated rings. The van der Waals surface area contributed by atoms with Gasteiger partial charge in [-0.2, -0.15) is 0 Å². The molecule has 1 saturated heterocycles. The van der Waals surface area contributed by atoms with Gasteiger partial charge in [0, 0.05) is 35.7 Å². The molecule has 9 heteroatoms. The molecule has 4 aromatic rings. The van der Waals surface area contributed by atoms with Crippen LogP contribution >= 0.6 is 11.6 Å². The van der Waals surface area contributed by atoms with Crippen molar-refractivity contribution in [3.05, 3.63) is 119 Å². The lowest BCUT2D eigenvalue weighted by Gasteiger charge is -2.25. The maximum atomic E-state index is 14.2. The van der Waals surface area contributed by atoms with Crippen molar-refractivity contribution >= 4 is 23.4 Å². The second kappa shape index (κ2) is 11.6. The number of hydrogen-bond acceptors (Lipinski definition) is 5. The van der Waals surface area contributed by atoms with Gasteiger partial charge in [-0.25, -0.2) is 13.6 Å². The van der Waals surface area contributed by atoms with Crippen LogP contribution < -0.4 is 15.0 Å². The number of anilines is 1. The number of carbonyl (C=O) groups is 1. The van der Waals surface area contributed by atoms with Gasteiger partial charge in [-0.3, -0.25) is 9.88 Å². The first kappa shape index (κ1) is 25.6. The van der Waals surface area contributed by atoms with Gasteiger partial charge in [0.05, 0.1) is 0 Å². The molecule has 1 N–H and O–H groups in total. The summed E-state index contributed by atoms with van der Waals surface area (Å²) in [5.74, 6) is -0.303. The Morgan fingerprint density at radius 2 is 1.66 bits per heavy atom. The molecule has 1 aliphatic heterocycles. The number of rotatable bonds is 9. The molecule has 38 heavy (non-hydrogen) atoms. The van der Waals surface area contributed by atoms with Crippen LogP contribution in [0.3, 0.4) is 0 Å². The molecule has 194 valence electrons. The molecule has 6 nitrogen and oxygen atoms in total. The van der Waals surface area contributed by atoms with Crippen molar-refractivity contribution in [3.8, 4) is 11.5 Å². The predicted molar refractivity (Wildman–Crippen MR) is 141 cm³/mol. The summed E-state index contributed by atoms with van der Waals surface area (Å²) < 4.78 is 39.9. The first-order chi connectivity index (χ1) is 18.5.